The predicted molar refractivity (Wildman–Crippen MR) is 98.8 cm³/mol. The van der Waals surface area contributed by atoms with Gasteiger partial charge in [-0.25, -0.2) is 4.79 Å². The van der Waals surface area contributed by atoms with E-state index in [1.165, 1.54) is 34.7 Å². The number of rotatable bonds is 11. The first-order chi connectivity index (χ1) is 14.4. The van der Waals surface area contributed by atoms with Gasteiger partial charge in [0.2, 0.25) is 0 Å². The molecule has 1 unspecified atom stereocenters. The third kappa shape index (κ3) is 6.16. The highest BCUT2D eigenvalue weighted by molar-refractivity contribution is 14.1. The summed E-state index contributed by atoms with van der Waals surface area (Å²) in [4.78, 5) is 11.7. The van der Waals surface area contributed by atoms with Crippen molar-refractivity contribution in [2.45, 2.75) is 59.5 Å². The average Bonchev–Trinajstić information content (AvgIpc) is 2.66. The zero-order valence-corrected chi connectivity index (χ0v) is 18.0. The van der Waals surface area contributed by atoms with E-state index in [1.807, 2.05) is 0 Å². The van der Waals surface area contributed by atoms with E-state index in [4.69, 9.17) is 4.74 Å². The second kappa shape index (κ2) is 10.3. The van der Waals surface area contributed by atoms with Crippen molar-refractivity contribution in [3.63, 3.8) is 0 Å². The van der Waals surface area contributed by atoms with Gasteiger partial charge in [-0.3, -0.25) is 0 Å². The van der Waals surface area contributed by atoms with Crippen LogP contribution in [0.25, 0.3) is 0 Å². The Labute approximate surface area is 188 Å². The van der Waals surface area contributed by atoms with Gasteiger partial charge in [-0.15, -0.1) is 0 Å². The maximum atomic E-state index is 13.7. The highest BCUT2D eigenvalue weighted by atomic mass is 127. The molecule has 184 valence electrons. The van der Waals surface area contributed by atoms with E-state index in [2.05, 4.69) is 0 Å². The molecule has 2 nitrogen and oxygen atoms in total. The lowest BCUT2D eigenvalue weighted by molar-refractivity contribution is -0.422. The lowest BCUT2D eigenvalue weighted by atomic mass is 9.94. The first-order valence-corrected chi connectivity index (χ1v) is 10.1. The van der Waals surface area contributed by atoms with Crippen LogP contribution in [0.2, 0.25) is 0 Å². The van der Waals surface area contributed by atoms with Crippen LogP contribution >= 0.6 is 22.6 Å². The van der Waals surface area contributed by atoms with Crippen LogP contribution in [-0.4, -0.2) is 46.4 Å². The average molecular weight is 600 g/mol. The molecule has 14 heteroatoms. The number of ether oxygens (including phenoxy) is 1. The molecule has 0 saturated carbocycles. The van der Waals surface area contributed by atoms with Crippen molar-refractivity contribution in [3.8, 4) is 0 Å². The van der Waals surface area contributed by atoms with Gasteiger partial charge in [0.1, 0.15) is 0 Å². The third-order valence-corrected chi connectivity index (χ3v) is 5.30. The van der Waals surface area contributed by atoms with Gasteiger partial charge in [0.15, 0.2) is 0 Å². The van der Waals surface area contributed by atoms with Gasteiger partial charge in [0, 0.05) is 10.3 Å². The maximum Gasteiger partial charge on any atom is 0.460 e. The van der Waals surface area contributed by atoms with E-state index < -0.39 is 46.2 Å². The summed E-state index contributed by atoms with van der Waals surface area (Å²) in [6.45, 7) is -0.181. The van der Waals surface area contributed by atoms with E-state index >= 15 is 0 Å². The van der Waals surface area contributed by atoms with Crippen LogP contribution in [0.3, 0.4) is 0 Å². The standard InChI is InChI=1S/C18H16F11IO2/c19-14(20,15(21,22)16(23,24)17(25,26)18(27,28)29)10-12(30)8-4-5-9-32-13(31)11-6-2-1-3-7-11/h1-3,6-7,12H,4-5,8-10H2. The highest BCUT2D eigenvalue weighted by Crippen LogP contribution is 2.58. The highest BCUT2D eigenvalue weighted by Gasteiger charge is 2.86. The van der Waals surface area contributed by atoms with Gasteiger partial charge in [0.25, 0.3) is 0 Å². The SMILES string of the molecule is O=C(OCCCCC(I)CC(F)(F)C(F)(F)C(F)(F)C(F)(F)C(F)(F)F)c1ccccc1. The Hall–Kier alpha value is -1.35. The lowest BCUT2D eigenvalue weighted by Gasteiger charge is -2.37. The van der Waals surface area contributed by atoms with Crippen LogP contribution in [0, 0.1) is 0 Å². The quantitative estimate of drug-likeness (QED) is 0.0876. The Morgan fingerprint density at radius 2 is 1.34 bits per heavy atom. The Balaban J connectivity index is 2.63. The number of carbonyl (C=O) groups is 1. The van der Waals surface area contributed by atoms with E-state index in [0.29, 0.717) is 0 Å². The van der Waals surface area contributed by atoms with E-state index in [1.54, 1.807) is 18.2 Å². The monoisotopic (exact) mass is 600 g/mol. The summed E-state index contributed by atoms with van der Waals surface area (Å²) in [5.74, 6) is -28.3. The molecule has 0 radical (unpaired) electrons. The molecular formula is C18H16F11IO2. The van der Waals surface area contributed by atoms with Crippen molar-refractivity contribution in [1.82, 2.24) is 0 Å². The minimum Gasteiger partial charge on any atom is -0.462 e. The Morgan fingerprint density at radius 3 is 1.84 bits per heavy atom. The summed E-state index contributed by atoms with van der Waals surface area (Å²) in [6.07, 6.45) is -9.49. The van der Waals surface area contributed by atoms with Crippen molar-refractivity contribution in [3.05, 3.63) is 35.9 Å². The molecule has 1 aromatic rings. The fraction of sp³-hybridized carbons (Fsp3) is 0.611. The minimum atomic E-state index is -7.39. The van der Waals surface area contributed by atoms with E-state index in [9.17, 15) is 53.1 Å². The Kier molecular flexibility index (Phi) is 9.22. The van der Waals surface area contributed by atoms with Gasteiger partial charge in [-0.2, -0.15) is 48.3 Å². The molecule has 32 heavy (non-hydrogen) atoms. The Morgan fingerprint density at radius 1 is 0.812 bits per heavy atom. The smallest absolute Gasteiger partial charge is 0.460 e. The second-order valence-corrected chi connectivity index (χ2v) is 8.49. The first-order valence-electron chi connectivity index (χ1n) is 8.82. The molecule has 0 spiro atoms. The number of unbranched alkanes of at least 4 members (excludes halogenated alkanes) is 1. The summed E-state index contributed by atoms with van der Waals surface area (Å²) < 4.78 is 146. The number of hydrogen-bond acceptors (Lipinski definition) is 2. The van der Waals surface area contributed by atoms with E-state index in [-0.39, 0.29) is 31.4 Å². The van der Waals surface area contributed by atoms with Crippen LogP contribution in [0.5, 0.6) is 0 Å². The zero-order chi connectivity index (χ0) is 25.0. The number of hydrogen-bond donors (Lipinski definition) is 0. The van der Waals surface area contributed by atoms with Crippen LogP contribution in [0.15, 0.2) is 30.3 Å². The van der Waals surface area contributed by atoms with Crippen molar-refractivity contribution >= 4 is 28.6 Å². The molecule has 0 amide bonds. The summed E-state index contributed by atoms with van der Waals surface area (Å²) in [5, 5.41) is 0. The van der Waals surface area contributed by atoms with E-state index in [0.717, 1.165) is 0 Å². The van der Waals surface area contributed by atoms with Crippen LogP contribution < -0.4 is 0 Å². The molecule has 0 aromatic heterocycles. The second-order valence-electron chi connectivity index (χ2n) is 6.72. The zero-order valence-electron chi connectivity index (χ0n) is 15.9. The number of alkyl halides is 12. The number of halogens is 12. The summed E-state index contributed by atoms with van der Waals surface area (Å²) in [7, 11) is 0. The van der Waals surface area contributed by atoms with Crippen molar-refractivity contribution in [2.24, 2.45) is 0 Å². The van der Waals surface area contributed by atoms with Crippen molar-refractivity contribution in [1.29, 1.82) is 0 Å². The number of esters is 1. The molecule has 0 saturated heterocycles. The predicted octanol–water partition coefficient (Wildman–Crippen LogP) is 7.31. The fourth-order valence-corrected chi connectivity index (χ4v) is 3.40. The Bertz CT molecular complexity index is 751. The summed E-state index contributed by atoms with van der Waals surface area (Å²) >= 11 is 1.17. The van der Waals surface area contributed by atoms with Gasteiger partial charge < -0.3 is 4.74 Å². The minimum absolute atomic E-state index is 0.00751. The molecule has 0 aliphatic heterocycles. The lowest BCUT2D eigenvalue weighted by Crippen LogP contribution is -2.66. The molecule has 0 fully saturated rings. The molecule has 1 rings (SSSR count). The fourth-order valence-electron chi connectivity index (χ4n) is 2.40. The van der Waals surface area contributed by atoms with Crippen LogP contribution in [0.4, 0.5) is 48.3 Å². The van der Waals surface area contributed by atoms with Gasteiger partial charge in [0.05, 0.1) is 12.2 Å². The molecule has 0 aliphatic carbocycles. The largest absolute Gasteiger partial charge is 0.462 e. The van der Waals surface area contributed by atoms with Gasteiger partial charge in [-0.05, 0) is 31.4 Å². The molecule has 0 bridgehead atoms. The van der Waals surface area contributed by atoms with Crippen molar-refractivity contribution < 1.29 is 57.8 Å². The summed E-state index contributed by atoms with van der Waals surface area (Å²) in [6, 6.07) is 7.71. The molecule has 0 heterocycles. The van der Waals surface area contributed by atoms with Crippen molar-refractivity contribution in [2.75, 3.05) is 6.61 Å². The van der Waals surface area contributed by atoms with Gasteiger partial charge >= 0.3 is 35.8 Å². The molecule has 1 atom stereocenters. The topological polar surface area (TPSA) is 26.3 Å². The normalized spacial score (nSPS) is 14.9. The number of benzene rings is 1. The first kappa shape index (κ1) is 28.7. The third-order valence-electron chi connectivity index (χ3n) is 4.24. The summed E-state index contributed by atoms with van der Waals surface area (Å²) in [5.41, 5.74) is 0.234. The molecule has 0 N–H and O–H groups in total. The molecule has 0 aliphatic rings. The maximum absolute atomic E-state index is 13.7. The van der Waals surface area contributed by atoms with Gasteiger partial charge in [-0.1, -0.05) is 40.8 Å². The van der Waals surface area contributed by atoms with Crippen LogP contribution in [0.1, 0.15) is 36.0 Å². The van der Waals surface area contributed by atoms with Crippen LogP contribution in [-0.2, 0) is 4.74 Å². The number of carbonyl (C=O) groups excluding carboxylic acids is 1. The molecular weight excluding hydrogens is 584 g/mol. The molecule has 1 aromatic carbocycles.